The molecule has 0 radical (unpaired) electrons. The Bertz CT molecular complexity index is 783. The molecule has 0 spiro atoms. The van der Waals surface area contributed by atoms with E-state index in [0.717, 1.165) is 6.07 Å². The first-order chi connectivity index (χ1) is 11.4. The van der Waals surface area contributed by atoms with Gasteiger partial charge in [-0.2, -0.15) is 0 Å². The van der Waals surface area contributed by atoms with E-state index in [-0.39, 0.29) is 29.6 Å². The molecule has 24 heavy (non-hydrogen) atoms. The molecule has 2 rings (SSSR count). The standard InChI is InChI=1S/C15H11Cl3N2O4/c16-10-2-1-9(12(17)5-10)7-19-15(21)8-24-14-4-3-11(20(22)23)6-13(14)18/h1-6H,7-8H2,(H,19,21). The second kappa shape index (κ2) is 8.19. The third kappa shape index (κ3) is 4.99. The molecule has 0 aliphatic carbocycles. The van der Waals surface area contributed by atoms with E-state index in [0.29, 0.717) is 15.6 Å². The van der Waals surface area contributed by atoms with Gasteiger partial charge in [0.25, 0.3) is 11.6 Å². The summed E-state index contributed by atoms with van der Waals surface area (Å²) in [6.07, 6.45) is 0. The monoisotopic (exact) mass is 388 g/mol. The zero-order valence-electron chi connectivity index (χ0n) is 12.1. The smallest absolute Gasteiger partial charge is 0.271 e. The fourth-order valence-corrected chi connectivity index (χ4v) is 2.48. The summed E-state index contributed by atoms with van der Waals surface area (Å²) in [4.78, 5) is 21.8. The van der Waals surface area contributed by atoms with E-state index in [2.05, 4.69) is 5.32 Å². The number of carbonyl (C=O) groups excluding carboxylic acids is 1. The molecule has 0 fully saturated rings. The highest BCUT2D eigenvalue weighted by molar-refractivity contribution is 6.35. The van der Waals surface area contributed by atoms with Crippen LogP contribution >= 0.6 is 34.8 Å². The summed E-state index contributed by atoms with van der Waals surface area (Å²) in [7, 11) is 0. The van der Waals surface area contributed by atoms with Crippen LogP contribution in [0.5, 0.6) is 5.75 Å². The molecule has 6 nitrogen and oxygen atoms in total. The van der Waals surface area contributed by atoms with Gasteiger partial charge in [-0.05, 0) is 23.8 Å². The number of hydrogen-bond donors (Lipinski definition) is 1. The molecule has 2 aromatic carbocycles. The van der Waals surface area contributed by atoms with E-state index in [9.17, 15) is 14.9 Å². The average Bonchev–Trinajstić information content (AvgIpc) is 2.52. The predicted octanol–water partition coefficient (Wildman–Crippen LogP) is 4.25. The molecular formula is C15H11Cl3N2O4. The number of nitrogens with zero attached hydrogens (tertiary/aromatic N) is 1. The minimum atomic E-state index is -0.571. The number of carbonyl (C=O) groups is 1. The Labute approximate surface area is 152 Å². The zero-order chi connectivity index (χ0) is 17.7. The molecule has 1 amide bonds. The first kappa shape index (κ1) is 18.3. The number of ether oxygens (including phenoxy) is 1. The molecule has 1 N–H and O–H groups in total. The maximum Gasteiger partial charge on any atom is 0.271 e. The van der Waals surface area contributed by atoms with Crippen LogP contribution in [0.3, 0.4) is 0 Å². The lowest BCUT2D eigenvalue weighted by atomic mass is 10.2. The fraction of sp³-hybridized carbons (Fsp3) is 0.133. The summed E-state index contributed by atoms with van der Waals surface area (Å²) in [5.41, 5.74) is 0.553. The molecule has 0 bridgehead atoms. The Hall–Kier alpha value is -2.02. The van der Waals surface area contributed by atoms with Crippen LogP contribution in [0.4, 0.5) is 5.69 Å². The van der Waals surface area contributed by atoms with Crippen LogP contribution in [0, 0.1) is 10.1 Å². The number of nitrogens with one attached hydrogen (secondary N) is 1. The summed E-state index contributed by atoms with van der Waals surface area (Å²) in [5.74, 6) is -0.211. The number of benzene rings is 2. The zero-order valence-corrected chi connectivity index (χ0v) is 14.4. The van der Waals surface area contributed by atoms with Crippen LogP contribution < -0.4 is 10.1 Å². The van der Waals surface area contributed by atoms with Crippen LogP contribution in [0.1, 0.15) is 5.56 Å². The van der Waals surface area contributed by atoms with Crippen molar-refractivity contribution in [3.63, 3.8) is 0 Å². The number of hydrogen-bond acceptors (Lipinski definition) is 4. The molecule has 2 aromatic rings. The summed E-state index contributed by atoms with van der Waals surface area (Å²) in [5, 5.41) is 14.3. The van der Waals surface area contributed by atoms with Crippen molar-refractivity contribution in [2.24, 2.45) is 0 Å². The van der Waals surface area contributed by atoms with Gasteiger partial charge in [0, 0.05) is 28.7 Å². The van der Waals surface area contributed by atoms with Gasteiger partial charge in [-0.25, -0.2) is 0 Å². The van der Waals surface area contributed by atoms with E-state index in [1.54, 1.807) is 18.2 Å². The van der Waals surface area contributed by atoms with Gasteiger partial charge in [-0.15, -0.1) is 0 Å². The Morgan fingerprint density at radius 1 is 1.12 bits per heavy atom. The minimum Gasteiger partial charge on any atom is -0.482 e. The molecular weight excluding hydrogens is 379 g/mol. The number of halogens is 3. The molecule has 126 valence electrons. The van der Waals surface area contributed by atoms with Gasteiger partial charge in [0.2, 0.25) is 0 Å². The van der Waals surface area contributed by atoms with Gasteiger partial charge in [-0.3, -0.25) is 14.9 Å². The van der Waals surface area contributed by atoms with E-state index in [1.807, 2.05) is 0 Å². The Kier molecular flexibility index (Phi) is 6.25. The first-order valence-electron chi connectivity index (χ1n) is 6.64. The van der Waals surface area contributed by atoms with Gasteiger partial charge in [-0.1, -0.05) is 40.9 Å². The SMILES string of the molecule is O=C(COc1ccc([N+](=O)[O-])cc1Cl)NCc1ccc(Cl)cc1Cl. The third-order valence-corrected chi connectivity index (χ3v) is 3.86. The molecule has 0 heterocycles. The number of nitro benzene ring substituents is 1. The van der Waals surface area contributed by atoms with Crippen LogP contribution in [0.15, 0.2) is 36.4 Å². The van der Waals surface area contributed by atoms with E-state index in [4.69, 9.17) is 39.5 Å². The highest BCUT2D eigenvalue weighted by Gasteiger charge is 2.12. The van der Waals surface area contributed by atoms with E-state index >= 15 is 0 Å². The Morgan fingerprint density at radius 2 is 1.88 bits per heavy atom. The molecule has 9 heteroatoms. The second-order valence-corrected chi connectivity index (χ2v) is 5.92. The summed E-state index contributed by atoms with van der Waals surface area (Å²) >= 11 is 17.7. The number of nitro groups is 1. The minimum absolute atomic E-state index is 0.0535. The summed E-state index contributed by atoms with van der Waals surface area (Å²) in [6, 6.07) is 8.69. The average molecular weight is 390 g/mol. The Morgan fingerprint density at radius 3 is 2.50 bits per heavy atom. The van der Waals surface area contributed by atoms with Crippen molar-refractivity contribution in [2.75, 3.05) is 6.61 Å². The lowest BCUT2D eigenvalue weighted by Crippen LogP contribution is -2.28. The van der Waals surface area contributed by atoms with Crippen LogP contribution in [-0.2, 0) is 11.3 Å². The van der Waals surface area contributed by atoms with Crippen molar-refractivity contribution in [1.82, 2.24) is 5.32 Å². The van der Waals surface area contributed by atoms with Crippen molar-refractivity contribution in [3.8, 4) is 5.75 Å². The van der Waals surface area contributed by atoms with Crippen LogP contribution in [0.25, 0.3) is 0 Å². The maximum absolute atomic E-state index is 11.8. The van der Waals surface area contributed by atoms with Crippen molar-refractivity contribution < 1.29 is 14.5 Å². The highest BCUT2D eigenvalue weighted by Crippen LogP contribution is 2.28. The molecule has 0 aliphatic heterocycles. The number of rotatable bonds is 6. The van der Waals surface area contributed by atoms with E-state index in [1.165, 1.54) is 12.1 Å². The molecule has 0 saturated heterocycles. The second-order valence-electron chi connectivity index (χ2n) is 4.67. The van der Waals surface area contributed by atoms with Crippen molar-refractivity contribution >= 4 is 46.4 Å². The largest absolute Gasteiger partial charge is 0.482 e. The molecule has 0 atom stereocenters. The lowest BCUT2D eigenvalue weighted by molar-refractivity contribution is -0.384. The maximum atomic E-state index is 11.8. The van der Waals surface area contributed by atoms with Crippen molar-refractivity contribution in [1.29, 1.82) is 0 Å². The lowest BCUT2D eigenvalue weighted by Gasteiger charge is -2.09. The normalized spacial score (nSPS) is 10.3. The van der Waals surface area contributed by atoms with Gasteiger partial charge < -0.3 is 10.1 Å². The molecule has 0 unspecified atom stereocenters. The number of amides is 1. The summed E-state index contributed by atoms with van der Waals surface area (Å²) < 4.78 is 5.25. The molecule has 0 saturated carbocycles. The molecule has 0 aliphatic rings. The topological polar surface area (TPSA) is 81.5 Å². The quantitative estimate of drug-likeness (QED) is 0.591. The van der Waals surface area contributed by atoms with Crippen LogP contribution in [-0.4, -0.2) is 17.4 Å². The first-order valence-corrected chi connectivity index (χ1v) is 7.77. The van der Waals surface area contributed by atoms with E-state index < -0.39 is 10.8 Å². The summed E-state index contributed by atoms with van der Waals surface area (Å²) in [6.45, 7) is -0.0745. The number of non-ortho nitro benzene ring substituents is 1. The van der Waals surface area contributed by atoms with Gasteiger partial charge >= 0.3 is 0 Å². The van der Waals surface area contributed by atoms with Crippen LogP contribution in [0.2, 0.25) is 15.1 Å². The van der Waals surface area contributed by atoms with Crippen molar-refractivity contribution in [2.45, 2.75) is 6.54 Å². The van der Waals surface area contributed by atoms with Crippen molar-refractivity contribution in [3.05, 3.63) is 67.1 Å². The molecule has 0 aromatic heterocycles. The predicted molar refractivity (Wildman–Crippen MR) is 91.9 cm³/mol. The van der Waals surface area contributed by atoms with Gasteiger partial charge in [0.1, 0.15) is 5.75 Å². The van der Waals surface area contributed by atoms with Gasteiger partial charge in [0.05, 0.1) is 9.95 Å². The third-order valence-electron chi connectivity index (χ3n) is 2.98. The fourth-order valence-electron chi connectivity index (χ4n) is 1.77. The van der Waals surface area contributed by atoms with Gasteiger partial charge in [0.15, 0.2) is 6.61 Å². The Balaban J connectivity index is 1.88. The highest BCUT2D eigenvalue weighted by atomic mass is 35.5.